The van der Waals surface area contributed by atoms with Gasteiger partial charge in [0.05, 0.1) is 5.92 Å². The van der Waals surface area contributed by atoms with Gasteiger partial charge in [-0.1, -0.05) is 13.8 Å². The van der Waals surface area contributed by atoms with Crippen molar-refractivity contribution in [3.63, 3.8) is 0 Å². The molecule has 0 aliphatic heterocycles. The predicted octanol–water partition coefficient (Wildman–Crippen LogP) is 0.209. The van der Waals surface area contributed by atoms with Gasteiger partial charge in [-0.15, -0.1) is 0 Å². The second-order valence-electron chi connectivity index (χ2n) is 3.54. The zero-order valence-corrected chi connectivity index (χ0v) is 10.4. The monoisotopic (exact) mass is 290 g/mol. The van der Waals surface area contributed by atoms with E-state index in [1.807, 2.05) is 0 Å². The molecule has 0 radical (unpaired) electrons. The number of halogens is 2. The summed E-state index contributed by atoms with van der Waals surface area (Å²) in [6, 6.07) is 0. The lowest BCUT2D eigenvalue weighted by atomic mass is 10.2. The second-order valence-corrected chi connectivity index (χ2v) is 5.08. The molecule has 0 amide bonds. The summed E-state index contributed by atoms with van der Waals surface area (Å²) in [5, 5.41) is -4.61. The Hall–Kier alpha value is -1.29. The van der Waals surface area contributed by atoms with Crippen molar-refractivity contribution in [2.24, 2.45) is 5.92 Å². The van der Waals surface area contributed by atoms with E-state index in [1.165, 1.54) is 13.8 Å². The van der Waals surface area contributed by atoms with Crippen molar-refractivity contribution in [1.82, 2.24) is 0 Å². The third-order valence-electron chi connectivity index (χ3n) is 1.58. The number of hydrogen-bond acceptors (Lipinski definition) is 6. The topological polar surface area (TPSA) is 107 Å². The van der Waals surface area contributed by atoms with Gasteiger partial charge in [-0.3, -0.25) is 9.35 Å². The number of hydrogen-bond donors (Lipinski definition) is 1. The molecule has 0 aromatic rings. The number of carbonyl (C=O) groups excluding carboxylic acids is 2. The third kappa shape index (κ3) is 5.36. The summed E-state index contributed by atoms with van der Waals surface area (Å²) in [4.78, 5) is 21.7. The maximum Gasteiger partial charge on any atom is 0.402 e. The molecule has 0 unspecified atom stereocenters. The van der Waals surface area contributed by atoms with Crippen LogP contribution in [0.3, 0.4) is 0 Å². The van der Waals surface area contributed by atoms with E-state index in [4.69, 9.17) is 4.55 Å². The molecule has 0 heterocycles. The number of carbonyl (C=O) groups is 2. The van der Waals surface area contributed by atoms with E-state index in [-0.39, 0.29) is 0 Å². The molecule has 7 nitrogen and oxygen atoms in total. The van der Waals surface area contributed by atoms with Crippen molar-refractivity contribution in [3.05, 3.63) is 0 Å². The fourth-order valence-corrected chi connectivity index (χ4v) is 0.785. The fourth-order valence-electron chi connectivity index (χ4n) is 0.577. The Kier molecular flexibility index (Phi) is 5.61. The average Bonchev–Trinajstić information content (AvgIpc) is 2.21. The van der Waals surface area contributed by atoms with Crippen molar-refractivity contribution in [2.75, 3.05) is 13.2 Å². The van der Waals surface area contributed by atoms with Crippen LogP contribution in [-0.4, -0.2) is 43.4 Å². The molecule has 0 fully saturated rings. The van der Waals surface area contributed by atoms with Crippen molar-refractivity contribution in [1.29, 1.82) is 0 Å². The molecule has 106 valence electrons. The van der Waals surface area contributed by atoms with Crippen LogP contribution in [0.2, 0.25) is 0 Å². The van der Waals surface area contributed by atoms with Gasteiger partial charge in [0.25, 0.3) is 0 Å². The van der Waals surface area contributed by atoms with Gasteiger partial charge >= 0.3 is 27.3 Å². The van der Waals surface area contributed by atoms with E-state index in [1.54, 1.807) is 0 Å². The maximum atomic E-state index is 12.6. The lowest BCUT2D eigenvalue weighted by Gasteiger charge is -2.13. The molecule has 18 heavy (non-hydrogen) atoms. The Morgan fingerprint density at radius 1 is 1.28 bits per heavy atom. The molecule has 10 heteroatoms. The van der Waals surface area contributed by atoms with Crippen LogP contribution < -0.4 is 0 Å². The van der Waals surface area contributed by atoms with E-state index < -0.39 is 46.4 Å². The molecular formula is C8H12F2O7S. The first kappa shape index (κ1) is 16.7. The molecule has 0 aromatic carbocycles. The van der Waals surface area contributed by atoms with Gasteiger partial charge in [-0.25, -0.2) is 4.79 Å². The number of alkyl halides is 2. The Bertz CT molecular complexity index is 415. The average molecular weight is 290 g/mol. The van der Waals surface area contributed by atoms with Gasteiger partial charge in [-0.2, -0.15) is 17.2 Å². The van der Waals surface area contributed by atoms with Crippen LogP contribution in [0, 0.1) is 5.92 Å². The Morgan fingerprint density at radius 3 is 2.17 bits per heavy atom. The van der Waals surface area contributed by atoms with Crippen LogP contribution in [0.5, 0.6) is 0 Å². The summed E-state index contributed by atoms with van der Waals surface area (Å²) in [7, 11) is -5.66. The van der Waals surface area contributed by atoms with E-state index in [0.717, 1.165) is 0 Å². The number of rotatable bonds is 6. The molecule has 0 saturated heterocycles. The normalized spacial score (nSPS) is 12.3. The highest BCUT2D eigenvalue weighted by atomic mass is 32.2. The highest BCUT2D eigenvalue weighted by Crippen LogP contribution is 2.20. The van der Waals surface area contributed by atoms with Crippen LogP contribution in [0.15, 0.2) is 0 Å². The summed E-state index contributed by atoms with van der Waals surface area (Å²) in [6.07, 6.45) is 0. The first-order valence-corrected chi connectivity index (χ1v) is 6.08. The molecule has 0 aromatic heterocycles. The highest BCUT2D eigenvalue weighted by Gasteiger charge is 2.45. The molecule has 0 bridgehead atoms. The van der Waals surface area contributed by atoms with Crippen molar-refractivity contribution in [3.8, 4) is 0 Å². The SMILES string of the molecule is CC(C)C(=O)OCC(=O)OCC(F)(F)S(=O)(=O)O. The lowest BCUT2D eigenvalue weighted by Crippen LogP contribution is -2.35. The zero-order chi connectivity index (χ0) is 14.6. The first-order valence-electron chi connectivity index (χ1n) is 4.64. The van der Waals surface area contributed by atoms with Crippen LogP contribution in [0.4, 0.5) is 8.78 Å². The summed E-state index contributed by atoms with van der Waals surface area (Å²) in [5.74, 6) is -2.61. The highest BCUT2D eigenvalue weighted by molar-refractivity contribution is 7.86. The van der Waals surface area contributed by atoms with E-state index in [0.29, 0.717) is 0 Å². The molecule has 0 atom stereocenters. The van der Waals surface area contributed by atoms with Gasteiger partial charge < -0.3 is 9.47 Å². The summed E-state index contributed by atoms with van der Waals surface area (Å²) < 4.78 is 61.8. The molecule has 0 spiro atoms. The minimum absolute atomic E-state index is 0.517. The largest absolute Gasteiger partial charge is 0.455 e. The molecular weight excluding hydrogens is 278 g/mol. The van der Waals surface area contributed by atoms with Crippen molar-refractivity contribution >= 4 is 22.1 Å². The number of ether oxygens (including phenoxy) is 2. The van der Waals surface area contributed by atoms with Crippen molar-refractivity contribution in [2.45, 2.75) is 19.1 Å². The minimum Gasteiger partial charge on any atom is -0.455 e. The van der Waals surface area contributed by atoms with Crippen LogP contribution in [0.25, 0.3) is 0 Å². The summed E-state index contributed by atoms with van der Waals surface area (Å²) in [5.41, 5.74) is 0. The molecule has 0 saturated carbocycles. The van der Waals surface area contributed by atoms with E-state index in [9.17, 15) is 26.8 Å². The standard InChI is InChI=1S/C8H12F2O7S/c1-5(2)7(12)16-3-6(11)17-4-8(9,10)18(13,14)15/h5H,3-4H2,1-2H3,(H,13,14,15). The molecule has 0 rings (SSSR count). The summed E-state index contributed by atoms with van der Waals surface area (Å²) in [6.45, 7) is 0.197. The van der Waals surface area contributed by atoms with Gasteiger partial charge in [-0.05, 0) is 0 Å². The first-order chi connectivity index (χ1) is 7.97. The zero-order valence-electron chi connectivity index (χ0n) is 9.55. The Morgan fingerprint density at radius 2 is 1.78 bits per heavy atom. The van der Waals surface area contributed by atoms with Crippen LogP contribution >= 0.6 is 0 Å². The van der Waals surface area contributed by atoms with Crippen molar-refractivity contribution < 1.29 is 40.8 Å². The van der Waals surface area contributed by atoms with Crippen LogP contribution in [0.1, 0.15) is 13.8 Å². The maximum absolute atomic E-state index is 12.6. The van der Waals surface area contributed by atoms with E-state index >= 15 is 0 Å². The van der Waals surface area contributed by atoms with Crippen LogP contribution in [-0.2, 0) is 29.2 Å². The predicted molar refractivity (Wildman–Crippen MR) is 53.3 cm³/mol. The smallest absolute Gasteiger partial charge is 0.402 e. The van der Waals surface area contributed by atoms with Gasteiger partial charge in [0, 0.05) is 0 Å². The molecule has 0 aliphatic carbocycles. The van der Waals surface area contributed by atoms with Gasteiger partial charge in [0.1, 0.15) is 0 Å². The van der Waals surface area contributed by atoms with Gasteiger partial charge in [0.2, 0.25) is 0 Å². The third-order valence-corrected chi connectivity index (χ3v) is 2.45. The van der Waals surface area contributed by atoms with E-state index in [2.05, 4.69) is 9.47 Å². The lowest BCUT2D eigenvalue weighted by molar-refractivity contribution is -0.163. The number of esters is 2. The fraction of sp³-hybridized carbons (Fsp3) is 0.750. The Labute approximate surface area is 102 Å². The second kappa shape index (κ2) is 6.05. The quantitative estimate of drug-likeness (QED) is 0.550. The molecule has 1 N–H and O–H groups in total. The summed E-state index contributed by atoms with van der Waals surface area (Å²) >= 11 is 0. The molecule has 0 aliphatic rings. The minimum atomic E-state index is -5.66. The van der Waals surface area contributed by atoms with Gasteiger partial charge in [0.15, 0.2) is 13.2 Å². The Balaban J connectivity index is 4.18.